The Morgan fingerprint density at radius 3 is 2.36 bits per heavy atom. The Labute approximate surface area is 163 Å². The van der Waals surface area contributed by atoms with Crippen LogP contribution in [0, 0.1) is 0 Å². The number of nitrogens with zero attached hydrogens (tertiary/aromatic N) is 4. The van der Waals surface area contributed by atoms with Crippen LogP contribution in [-0.4, -0.2) is 44.4 Å². The monoisotopic (exact) mass is 374 g/mol. The molecule has 142 valence electrons. The van der Waals surface area contributed by atoms with Gasteiger partial charge in [0.2, 0.25) is 0 Å². The van der Waals surface area contributed by atoms with E-state index < -0.39 is 0 Å². The molecule has 0 aliphatic carbocycles. The van der Waals surface area contributed by atoms with E-state index in [-0.39, 0.29) is 12.7 Å². The van der Waals surface area contributed by atoms with Gasteiger partial charge < -0.3 is 14.4 Å². The van der Waals surface area contributed by atoms with Crippen molar-refractivity contribution in [1.82, 2.24) is 19.5 Å². The lowest BCUT2D eigenvalue weighted by molar-refractivity contribution is 0.0405. The molecule has 0 aliphatic heterocycles. The molecule has 2 aromatic carbocycles. The van der Waals surface area contributed by atoms with Crippen LogP contribution in [0.4, 0.5) is 0 Å². The Morgan fingerprint density at radius 1 is 0.929 bits per heavy atom. The fourth-order valence-corrected chi connectivity index (χ4v) is 3.27. The van der Waals surface area contributed by atoms with Crippen LogP contribution >= 0.6 is 0 Å². The molecule has 2 aromatic heterocycles. The first kappa shape index (κ1) is 18.3. The summed E-state index contributed by atoms with van der Waals surface area (Å²) in [5.41, 5.74) is 5.71. The van der Waals surface area contributed by atoms with Gasteiger partial charge in [0.25, 0.3) is 0 Å². The molecule has 0 aliphatic rings. The number of aryl methyl sites for hydroxylation is 1. The summed E-state index contributed by atoms with van der Waals surface area (Å²) in [5.74, 6) is 0. The first-order valence-corrected chi connectivity index (χ1v) is 9.25. The maximum Gasteiger partial charge on any atom is 0.163 e. The summed E-state index contributed by atoms with van der Waals surface area (Å²) in [7, 11) is 1.60. The van der Waals surface area contributed by atoms with Crippen molar-refractivity contribution in [1.29, 1.82) is 0 Å². The Morgan fingerprint density at radius 2 is 1.64 bits per heavy atom. The molecule has 2 heterocycles. The number of ether oxygens (including phenoxy) is 1. The highest BCUT2D eigenvalue weighted by molar-refractivity contribution is 5.87. The number of methoxy groups -OCH3 is 1. The molecule has 4 rings (SSSR count). The Hall–Kier alpha value is -3.09. The summed E-state index contributed by atoms with van der Waals surface area (Å²) in [6, 6.07) is 18.6. The van der Waals surface area contributed by atoms with Gasteiger partial charge in [-0.2, -0.15) is 0 Å². The third kappa shape index (κ3) is 3.65. The molecule has 1 atom stereocenters. The first-order chi connectivity index (χ1) is 13.8. The predicted octanol–water partition coefficient (Wildman–Crippen LogP) is 3.56. The van der Waals surface area contributed by atoms with Crippen LogP contribution in [0.3, 0.4) is 0 Å². The fourth-order valence-electron chi connectivity index (χ4n) is 3.27. The second-order valence-electron chi connectivity index (χ2n) is 6.60. The highest BCUT2D eigenvalue weighted by atomic mass is 16.5. The minimum atomic E-state index is -0.190. The number of hydrogen-bond donors (Lipinski definition) is 1. The van der Waals surface area contributed by atoms with Gasteiger partial charge in [0.15, 0.2) is 5.65 Å². The molecule has 0 saturated heterocycles. The van der Waals surface area contributed by atoms with E-state index in [0.717, 1.165) is 28.0 Å². The lowest BCUT2D eigenvalue weighted by Crippen LogP contribution is -2.18. The van der Waals surface area contributed by atoms with E-state index in [4.69, 9.17) is 4.74 Å². The van der Waals surface area contributed by atoms with E-state index in [0.29, 0.717) is 13.0 Å². The third-order valence-electron chi connectivity index (χ3n) is 4.90. The van der Waals surface area contributed by atoms with Crippen molar-refractivity contribution in [2.24, 2.45) is 0 Å². The number of rotatable bonds is 7. The number of aromatic nitrogens is 4. The molecule has 0 fully saturated rings. The van der Waals surface area contributed by atoms with Crippen LogP contribution in [0.25, 0.3) is 33.5 Å². The van der Waals surface area contributed by atoms with Crippen LogP contribution in [0.1, 0.15) is 6.42 Å². The maximum atomic E-state index is 9.29. The number of fused-ring (bicyclic) bond motifs is 1. The van der Waals surface area contributed by atoms with Gasteiger partial charge >= 0.3 is 0 Å². The van der Waals surface area contributed by atoms with Crippen molar-refractivity contribution in [3.8, 4) is 22.4 Å². The summed E-state index contributed by atoms with van der Waals surface area (Å²) in [6.45, 7) is 0.663. The van der Waals surface area contributed by atoms with Gasteiger partial charge in [-0.1, -0.05) is 54.6 Å². The van der Waals surface area contributed by atoms with Crippen molar-refractivity contribution < 1.29 is 9.84 Å². The van der Waals surface area contributed by atoms with Gasteiger partial charge in [-0.15, -0.1) is 0 Å². The van der Waals surface area contributed by atoms with Gasteiger partial charge in [0.1, 0.15) is 17.5 Å². The number of imidazole rings is 1. The maximum absolute atomic E-state index is 9.29. The molecule has 1 unspecified atom stereocenters. The minimum Gasteiger partial charge on any atom is -0.394 e. The minimum absolute atomic E-state index is 0.00285. The van der Waals surface area contributed by atoms with E-state index in [9.17, 15) is 5.11 Å². The average Bonchev–Trinajstić information content (AvgIpc) is 3.18. The number of aliphatic hydroxyl groups is 1. The normalized spacial score (nSPS) is 12.4. The highest BCUT2D eigenvalue weighted by Gasteiger charge is 2.13. The zero-order valence-corrected chi connectivity index (χ0v) is 15.7. The quantitative estimate of drug-likeness (QED) is 0.535. The molecular formula is C22H22N4O2. The van der Waals surface area contributed by atoms with Crippen molar-refractivity contribution >= 4 is 11.2 Å². The van der Waals surface area contributed by atoms with E-state index in [1.165, 1.54) is 5.56 Å². The van der Waals surface area contributed by atoms with Crippen molar-refractivity contribution in [3.05, 3.63) is 67.3 Å². The topological polar surface area (TPSA) is 73.1 Å². The van der Waals surface area contributed by atoms with Crippen molar-refractivity contribution in [2.75, 3.05) is 13.7 Å². The molecular weight excluding hydrogens is 352 g/mol. The van der Waals surface area contributed by atoms with Crippen LogP contribution in [0.2, 0.25) is 0 Å². The summed E-state index contributed by atoms with van der Waals surface area (Å²) >= 11 is 0. The predicted molar refractivity (Wildman–Crippen MR) is 109 cm³/mol. The Kier molecular flexibility index (Phi) is 5.41. The lowest BCUT2D eigenvalue weighted by atomic mass is 10.0. The largest absolute Gasteiger partial charge is 0.394 e. The van der Waals surface area contributed by atoms with E-state index in [1.807, 2.05) is 22.8 Å². The summed E-state index contributed by atoms with van der Waals surface area (Å²) in [4.78, 5) is 13.4. The van der Waals surface area contributed by atoms with Crippen molar-refractivity contribution in [3.63, 3.8) is 0 Å². The Bertz CT molecular complexity index is 1040. The number of aliphatic hydroxyl groups excluding tert-OH is 1. The van der Waals surface area contributed by atoms with Crippen LogP contribution in [0.5, 0.6) is 0 Å². The Balaban J connectivity index is 1.62. The molecule has 6 nitrogen and oxygen atoms in total. The second kappa shape index (κ2) is 8.29. The molecule has 0 spiro atoms. The fraction of sp³-hybridized carbons (Fsp3) is 0.227. The van der Waals surface area contributed by atoms with E-state index in [1.54, 1.807) is 19.8 Å². The molecule has 0 amide bonds. The third-order valence-corrected chi connectivity index (χ3v) is 4.90. The SMILES string of the molecule is COC(CO)CCn1cnc2c(-c3ccc(-c4ccccc4)cc3)ncnc21. The van der Waals surface area contributed by atoms with Gasteiger partial charge in [0.05, 0.1) is 19.0 Å². The molecule has 0 bridgehead atoms. The molecule has 0 saturated carbocycles. The molecule has 6 heteroatoms. The van der Waals surface area contributed by atoms with E-state index >= 15 is 0 Å². The summed E-state index contributed by atoms with van der Waals surface area (Å²) < 4.78 is 7.21. The summed E-state index contributed by atoms with van der Waals surface area (Å²) in [6.07, 6.45) is 3.83. The summed E-state index contributed by atoms with van der Waals surface area (Å²) in [5, 5.41) is 9.29. The van der Waals surface area contributed by atoms with Gasteiger partial charge in [-0.05, 0) is 17.5 Å². The zero-order chi connectivity index (χ0) is 19.3. The van der Waals surface area contributed by atoms with E-state index in [2.05, 4.69) is 51.4 Å². The smallest absolute Gasteiger partial charge is 0.163 e. The van der Waals surface area contributed by atoms with Crippen LogP contribution in [0.15, 0.2) is 67.3 Å². The number of benzene rings is 2. The van der Waals surface area contributed by atoms with Gasteiger partial charge in [0, 0.05) is 19.2 Å². The van der Waals surface area contributed by atoms with Crippen LogP contribution in [-0.2, 0) is 11.3 Å². The van der Waals surface area contributed by atoms with Gasteiger partial charge in [-0.25, -0.2) is 15.0 Å². The highest BCUT2D eigenvalue weighted by Crippen LogP contribution is 2.27. The molecule has 28 heavy (non-hydrogen) atoms. The molecule has 1 N–H and O–H groups in total. The molecule has 4 aromatic rings. The molecule has 0 radical (unpaired) electrons. The van der Waals surface area contributed by atoms with Gasteiger partial charge in [-0.3, -0.25) is 0 Å². The zero-order valence-electron chi connectivity index (χ0n) is 15.7. The second-order valence-corrected chi connectivity index (χ2v) is 6.60. The average molecular weight is 374 g/mol. The lowest BCUT2D eigenvalue weighted by Gasteiger charge is -2.12. The van der Waals surface area contributed by atoms with Crippen LogP contribution < -0.4 is 0 Å². The van der Waals surface area contributed by atoms with Crippen molar-refractivity contribution in [2.45, 2.75) is 19.1 Å². The standard InChI is InChI=1S/C22H22N4O2/c1-28-19(13-27)11-12-26-15-25-21-20(23-14-24-22(21)26)18-9-7-17(8-10-18)16-5-3-2-4-6-16/h2-10,14-15,19,27H,11-13H2,1H3. The first-order valence-electron chi connectivity index (χ1n) is 9.25. The number of hydrogen-bond acceptors (Lipinski definition) is 5.